The molecule has 1 aromatic rings. The SMILES string of the molecule is CCNC(CSc1ccccc1Br)CC(CC)CC. The van der Waals surface area contributed by atoms with E-state index in [-0.39, 0.29) is 0 Å². The predicted molar refractivity (Wildman–Crippen MR) is 91.0 cm³/mol. The molecule has 1 N–H and O–H groups in total. The van der Waals surface area contributed by atoms with Crippen molar-refractivity contribution in [3.63, 3.8) is 0 Å². The second kappa shape index (κ2) is 9.84. The number of nitrogens with one attached hydrogen (secondary N) is 1. The molecule has 0 saturated carbocycles. The lowest BCUT2D eigenvalue weighted by Crippen LogP contribution is -2.33. The summed E-state index contributed by atoms with van der Waals surface area (Å²) in [4.78, 5) is 1.34. The molecule has 0 spiro atoms. The van der Waals surface area contributed by atoms with E-state index in [0.29, 0.717) is 6.04 Å². The molecule has 0 radical (unpaired) electrons. The van der Waals surface area contributed by atoms with Gasteiger partial charge in [-0.25, -0.2) is 0 Å². The molecule has 0 aliphatic heterocycles. The van der Waals surface area contributed by atoms with Gasteiger partial charge in [-0.15, -0.1) is 11.8 Å². The van der Waals surface area contributed by atoms with Gasteiger partial charge in [0.25, 0.3) is 0 Å². The van der Waals surface area contributed by atoms with Crippen LogP contribution in [0.15, 0.2) is 33.6 Å². The Hall–Kier alpha value is 0.01000. The van der Waals surface area contributed by atoms with Crippen molar-refractivity contribution in [2.24, 2.45) is 5.92 Å². The van der Waals surface area contributed by atoms with Crippen molar-refractivity contribution in [2.75, 3.05) is 12.3 Å². The Balaban J connectivity index is 2.51. The van der Waals surface area contributed by atoms with Crippen LogP contribution in [0.4, 0.5) is 0 Å². The molecule has 0 amide bonds. The van der Waals surface area contributed by atoms with Gasteiger partial charge in [-0.2, -0.15) is 0 Å². The minimum absolute atomic E-state index is 0.618. The van der Waals surface area contributed by atoms with Crippen LogP contribution in [0.25, 0.3) is 0 Å². The van der Waals surface area contributed by atoms with E-state index in [1.807, 2.05) is 11.8 Å². The quantitative estimate of drug-likeness (QED) is 0.607. The van der Waals surface area contributed by atoms with E-state index in [9.17, 15) is 0 Å². The number of halogens is 1. The zero-order valence-corrected chi connectivity index (χ0v) is 14.7. The molecule has 1 aromatic carbocycles. The highest BCUT2D eigenvalue weighted by atomic mass is 79.9. The number of hydrogen-bond donors (Lipinski definition) is 1. The van der Waals surface area contributed by atoms with E-state index in [1.165, 1.54) is 28.6 Å². The Morgan fingerprint density at radius 1 is 1.16 bits per heavy atom. The summed E-state index contributed by atoms with van der Waals surface area (Å²) in [6.07, 6.45) is 3.87. The first kappa shape index (κ1) is 17.1. The van der Waals surface area contributed by atoms with Gasteiger partial charge in [0.05, 0.1) is 0 Å². The molecule has 0 fully saturated rings. The summed E-state index contributed by atoms with van der Waals surface area (Å²) in [7, 11) is 0. The van der Waals surface area contributed by atoms with Gasteiger partial charge in [-0.3, -0.25) is 0 Å². The van der Waals surface area contributed by atoms with Crippen LogP contribution in [0, 0.1) is 5.92 Å². The van der Waals surface area contributed by atoms with E-state index in [1.54, 1.807) is 0 Å². The molecule has 19 heavy (non-hydrogen) atoms. The fourth-order valence-corrected chi connectivity index (χ4v) is 3.92. The van der Waals surface area contributed by atoms with Gasteiger partial charge in [0.15, 0.2) is 0 Å². The Kier molecular flexibility index (Phi) is 8.84. The standard InChI is InChI=1S/C16H26BrNS/c1-4-13(5-2)11-14(18-6-3)12-19-16-10-8-7-9-15(16)17/h7-10,13-14,18H,4-6,11-12H2,1-3H3. The summed E-state index contributed by atoms with van der Waals surface area (Å²) in [6.45, 7) is 7.86. The highest BCUT2D eigenvalue weighted by Crippen LogP contribution is 2.28. The number of thioether (sulfide) groups is 1. The molecular weight excluding hydrogens is 318 g/mol. The van der Waals surface area contributed by atoms with E-state index < -0.39 is 0 Å². The smallest absolute Gasteiger partial charge is 0.0311 e. The van der Waals surface area contributed by atoms with Gasteiger partial charge < -0.3 is 5.32 Å². The maximum absolute atomic E-state index is 3.64. The summed E-state index contributed by atoms with van der Waals surface area (Å²) < 4.78 is 1.21. The predicted octanol–water partition coefficient (Wildman–Crippen LogP) is 5.35. The fraction of sp³-hybridized carbons (Fsp3) is 0.625. The lowest BCUT2D eigenvalue weighted by molar-refractivity contribution is 0.388. The molecule has 0 heterocycles. The van der Waals surface area contributed by atoms with Crippen LogP contribution in [0.3, 0.4) is 0 Å². The normalized spacial score (nSPS) is 12.9. The average Bonchev–Trinajstić information content (AvgIpc) is 2.43. The minimum Gasteiger partial charge on any atom is -0.313 e. The van der Waals surface area contributed by atoms with Crippen molar-refractivity contribution >= 4 is 27.7 Å². The molecule has 0 aliphatic carbocycles. The summed E-state index contributed by atoms with van der Waals surface area (Å²) in [6, 6.07) is 9.10. The number of hydrogen-bond acceptors (Lipinski definition) is 2. The van der Waals surface area contributed by atoms with Crippen molar-refractivity contribution in [1.29, 1.82) is 0 Å². The lowest BCUT2D eigenvalue weighted by atomic mass is 9.95. The largest absolute Gasteiger partial charge is 0.313 e. The van der Waals surface area contributed by atoms with Crippen molar-refractivity contribution in [3.8, 4) is 0 Å². The molecule has 1 unspecified atom stereocenters. The molecule has 0 saturated heterocycles. The second-order valence-electron chi connectivity index (χ2n) is 4.91. The molecule has 1 atom stereocenters. The Morgan fingerprint density at radius 3 is 2.42 bits per heavy atom. The first-order valence-corrected chi connectivity index (χ1v) is 9.09. The third kappa shape index (κ3) is 6.33. The minimum atomic E-state index is 0.618. The van der Waals surface area contributed by atoms with Crippen LogP contribution in [0.1, 0.15) is 40.0 Å². The number of benzene rings is 1. The Morgan fingerprint density at radius 2 is 1.84 bits per heavy atom. The second-order valence-corrected chi connectivity index (χ2v) is 6.83. The molecule has 1 nitrogen and oxygen atoms in total. The highest BCUT2D eigenvalue weighted by molar-refractivity contribution is 9.10. The maximum atomic E-state index is 3.64. The van der Waals surface area contributed by atoms with Crippen molar-refractivity contribution in [3.05, 3.63) is 28.7 Å². The van der Waals surface area contributed by atoms with Gasteiger partial charge in [0.2, 0.25) is 0 Å². The Bertz CT molecular complexity index is 352. The summed E-state index contributed by atoms with van der Waals surface area (Å²) >= 11 is 5.57. The van der Waals surface area contributed by atoms with Crippen LogP contribution in [-0.2, 0) is 0 Å². The van der Waals surface area contributed by atoms with Crippen LogP contribution in [-0.4, -0.2) is 18.3 Å². The molecule has 1 rings (SSSR count). The first-order chi connectivity index (χ1) is 9.21. The van der Waals surface area contributed by atoms with Crippen LogP contribution in [0.5, 0.6) is 0 Å². The molecule has 108 valence electrons. The van der Waals surface area contributed by atoms with E-state index in [0.717, 1.165) is 18.2 Å². The monoisotopic (exact) mass is 343 g/mol. The van der Waals surface area contributed by atoms with Gasteiger partial charge in [0.1, 0.15) is 0 Å². The Labute approximate surface area is 131 Å². The summed E-state index contributed by atoms with van der Waals surface area (Å²) in [5, 5.41) is 3.64. The third-order valence-electron chi connectivity index (χ3n) is 3.54. The highest BCUT2D eigenvalue weighted by Gasteiger charge is 2.14. The molecule has 0 bridgehead atoms. The van der Waals surface area contributed by atoms with Gasteiger partial charge in [0, 0.05) is 21.2 Å². The lowest BCUT2D eigenvalue weighted by Gasteiger charge is -2.22. The first-order valence-electron chi connectivity index (χ1n) is 7.31. The van der Waals surface area contributed by atoms with E-state index >= 15 is 0 Å². The van der Waals surface area contributed by atoms with E-state index in [2.05, 4.69) is 66.3 Å². The zero-order chi connectivity index (χ0) is 14.1. The molecular formula is C16H26BrNS. The van der Waals surface area contributed by atoms with Crippen molar-refractivity contribution < 1.29 is 0 Å². The molecule has 0 aromatic heterocycles. The van der Waals surface area contributed by atoms with Gasteiger partial charge in [-0.05, 0) is 46.9 Å². The van der Waals surface area contributed by atoms with E-state index in [4.69, 9.17) is 0 Å². The fourth-order valence-electron chi connectivity index (χ4n) is 2.28. The van der Waals surface area contributed by atoms with Gasteiger partial charge in [-0.1, -0.05) is 45.7 Å². The van der Waals surface area contributed by atoms with Crippen LogP contribution >= 0.6 is 27.7 Å². The molecule has 3 heteroatoms. The van der Waals surface area contributed by atoms with Crippen LogP contribution in [0.2, 0.25) is 0 Å². The van der Waals surface area contributed by atoms with Gasteiger partial charge >= 0.3 is 0 Å². The molecule has 0 aliphatic rings. The van der Waals surface area contributed by atoms with Crippen LogP contribution < -0.4 is 5.32 Å². The zero-order valence-electron chi connectivity index (χ0n) is 12.3. The van der Waals surface area contributed by atoms with Crippen molar-refractivity contribution in [1.82, 2.24) is 5.32 Å². The summed E-state index contributed by atoms with van der Waals surface area (Å²) in [5.41, 5.74) is 0. The average molecular weight is 344 g/mol. The summed E-state index contributed by atoms with van der Waals surface area (Å²) in [5.74, 6) is 2.00. The topological polar surface area (TPSA) is 12.0 Å². The third-order valence-corrected chi connectivity index (χ3v) is 5.73. The number of rotatable bonds is 9. The van der Waals surface area contributed by atoms with Crippen molar-refractivity contribution in [2.45, 2.75) is 51.0 Å². The maximum Gasteiger partial charge on any atom is 0.0311 e.